The zero-order chi connectivity index (χ0) is 59.4. The van der Waals surface area contributed by atoms with Gasteiger partial charge in [-0.3, -0.25) is 28.8 Å². The maximum absolute atomic E-state index is 15.6. The van der Waals surface area contributed by atoms with E-state index in [1.165, 1.54) is 42.5 Å². The molecular weight excluding hydrogens is 1120 g/mol. The lowest BCUT2D eigenvalue weighted by molar-refractivity contribution is -0.146. The maximum atomic E-state index is 15.6. The monoisotopic (exact) mass is 1170 g/mol. The van der Waals surface area contributed by atoms with Gasteiger partial charge in [0, 0.05) is 35.6 Å². The van der Waals surface area contributed by atoms with Crippen molar-refractivity contribution in [2.75, 3.05) is 13.7 Å². The third kappa shape index (κ3) is 12.8. The molecule has 6 aromatic carbocycles. The highest BCUT2D eigenvalue weighted by atomic mass is 35.5. The molecule has 5 heterocycles. The zero-order valence-corrected chi connectivity index (χ0v) is 45.5. The lowest BCUT2D eigenvalue weighted by Crippen LogP contribution is -2.58. The van der Waals surface area contributed by atoms with Gasteiger partial charge in [-0.1, -0.05) is 78.2 Å². The lowest BCUT2D eigenvalue weighted by atomic mass is 9.89. The van der Waals surface area contributed by atoms with E-state index in [-0.39, 0.29) is 74.2 Å². The number of hydrogen-bond acceptors (Lipinski definition) is 17. The van der Waals surface area contributed by atoms with Crippen molar-refractivity contribution in [2.45, 2.75) is 80.5 Å². The maximum Gasteiger partial charge on any atom is 0.333 e. The molecule has 15 N–H and O–H groups in total. The van der Waals surface area contributed by atoms with Crippen LogP contribution >= 0.6 is 23.2 Å². The molecule has 5 aliphatic rings. The van der Waals surface area contributed by atoms with Crippen molar-refractivity contribution < 1.29 is 73.3 Å². The fraction of sp³-hybridized carbons (Fsp3) is 0.259. The van der Waals surface area contributed by atoms with Gasteiger partial charge >= 0.3 is 5.97 Å². The molecule has 432 valence electrons. The average molecular weight is 1180 g/mol. The summed E-state index contributed by atoms with van der Waals surface area (Å²) in [7, 11) is 0.986. The standard InChI is InChI=1S/C58H56Cl2N8O15/c1-81-58(80)48-33-24-31(69)25-40(71)45(33)32-20-28(11-13-39(32)70)46-55(77)68-49(57(79)67-48)50(72)29-12-15-42(35(60)21-29)83-44-23-30-22-43(51(44)73)82-41-14-10-27(17-34(41)59)19-38(63-52(74)36(62)9-5-6-16-61)53(75)64-37(18-26-7-3-2-4-8-26)54(76)65-47(30)56(78)66-46/h2-4,7-8,10-15,17,20-25,36-38,46-50,69-73H,5-6,9,16,18-19,61-62H2,1H3,(H,63,74)(H,64,75)(H,65,76)(H,66,78)(H,67,79)(H,68,77)/t36-,37+,38?,46?,47?,48?,49?,50?/m1/s1. The van der Waals surface area contributed by atoms with Crippen LogP contribution in [0.25, 0.3) is 11.1 Å². The SMILES string of the molecule is COC(=O)C1NC(=O)C2NC(=O)C(NC(=O)C3NC(=O)[C@H](Cc4ccccc4)NC(=O)C(NC(=O)[C@H](N)CCCCN)Cc4ccc(c(Cl)c4)Oc4cc3cc(c4O)Oc3ccc(cc3Cl)C2O)c2ccc(O)c(c2)-c2c(O)cc(O)cc21. The lowest BCUT2D eigenvalue weighted by Gasteiger charge is -2.31. The minimum Gasteiger partial charge on any atom is -0.508 e. The van der Waals surface area contributed by atoms with Crippen LogP contribution in [-0.2, 0) is 51.1 Å². The topological polar surface area (TPSA) is 373 Å². The van der Waals surface area contributed by atoms with Crippen molar-refractivity contribution in [1.29, 1.82) is 0 Å². The van der Waals surface area contributed by atoms with E-state index in [1.54, 1.807) is 36.4 Å². The summed E-state index contributed by atoms with van der Waals surface area (Å²) in [5.74, 6) is -11.1. The van der Waals surface area contributed by atoms with Crippen molar-refractivity contribution in [3.63, 3.8) is 0 Å². The van der Waals surface area contributed by atoms with Crippen molar-refractivity contribution in [1.82, 2.24) is 31.9 Å². The molecule has 8 atom stereocenters. The van der Waals surface area contributed by atoms with Crippen LogP contribution in [0.1, 0.15) is 76.9 Å². The second-order valence-electron chi connectivity index (χ2n) is 19.9. The van der Waals surface area contributed by atoms with Gasteiger partial charge < -0.3 is 83.1 Å². The molecule has 0 radical (unpaired) electrons. The minimum absolute atomic E-state index is 0.0515. The first-order valence-electron chi connectivity index (χ1n) is 26.0. The van der Waals surface area contributed by atoms with Crippen LogP contribution in [-0.4, -0.2) is 105 Å². The average Bonchev–Trinajstić information content (AvgIpc) is 2.93. The molecular formula is C58H56Cl2N8O15. The van der Waals surface area contributed by atoms with E-state index in [4.69, 9.17) is 48.9 Å². The first-order chi connectivity index (χ1) is 39.7. The van der Waals surface area contributed by atoms with E-state index in [0.717, 1.165) is 37.4 Å². The van der Waals surface area contributed by atoms with Gasteiger partial charge in [0.25, 0.3) is 0 Å². The predicted octanol–water partition coefficient (Wildman–Crippen LogP) is 4.18. The van der Waals surface area contributed by atoms with Crippen LogP contribution in [0.2, 0.25) is 10.0 Å². The molecule has 6 aromatic rings. The minimum atomic E-state index is -2.09. The van der Waals surface area contributed by atoms with Crippen LogP contribution in [0.5, 0.6) is 46.0 Å². The van der Waals surface area contributed by atoms with Crippen LogP contribution in [0.4, 0.5) is 0 Å². The summed E-state index contributed by atoms with van der Waals surface area (Å²) in [6.45, 7) is 0.368. The number of fused-ring (bicyclic) bond motifs is 15. The molecule has 0 aliphatic carbocycles. The van der Waals surface area contributed by atoms with Gasteiger partial charge in [0.1, 0.15) is 65.1 Å². The molecule has 0 saturated carbocycles. The third-order valence-electron chi connectivity index (χ3n) is 14.2. The van der Waals surface area contributed by atoms with Gasteiger partial charge in [-0.2, -0.15) is 0 Å². The number of rotatable bonds is 9. The zero-order valence-electron chi connectivity index (χ0n) is 44.0. The van der Waals surface area contributed by atoms with E-state index in [2.05, 4.69) is 31.9 Å². The highest BCUT2D eigenvalue weighted by molar-refractivity contribution is 6.32. The Bertz CT molecular complexity index is 3550. The number of phenolic OH excluding ortho intramolecular Hbond substituents is 4. The summed E-state index contributed by atoms with van der Waals surface area (Å²) in [6, 6.07) is 12.3. The molecule has 0 spiro atoms. The number of phenols is 4. The molecule has 5 aliphatic heterocycles. The van der Waals surface area contributed by atoms with E-state index < -0.39 is 124 Å². The van der Waals surface area contributed by atoms with E-state index in [9.17, 15) is 44.7 Å². The molecule has 6 unspecified atom stereocenters. The highest BCUT2D eigenvalue weighted by Gasteiger charge is 2.41. The molecule has 83 heavy (non-hydrogen) atoms. The number of carbonyl (C=O) groups excluding carboxylic acids is 7. The number of aliphatic hydroxyl groups excluding tert-OH is 1. The molecule has 0 fully saturated rings. The Kier molecular flexibility index (Phi) is 17.6. The van der Waals surface area contributed by atoms with Gasteiger partial charge in [0.05, 0.1) is 23.2 Å². The van der Waals surface area contributed by atoms with Crippen molar-refractivity contribution >= 4 is 64.6 Å². The number of halogens is 2. The number of carbonyl (C=O) groups is 7. The number of unbranched alkanes of at least 4 members (excludes halogenated alkanes) is 1. The Morgan fingerprint density at radius 2 is 1.34 bits per heavy atom. The molecule has 23 nitrogen and oxygen atoms in total. The fourth-order valence-corrected chi connectivity index (χ4v) is 10.4. The Labute approximate surface area is 483 Å². The number of aliphatic hydroxyl groups is 1. The van der Waals surface area contributed by atoms with Gasteiger partial charge in [-0.25, -0.2) is 4.79 Å². The Balaban J connectivity index is 1.25. The number of nitrogens with one attached hydrogen (secondary N) is 6. The molecule has 25 heteroatoms. The molecule has 11 bridgehead atoms. The van der Waals surface area contributed by atoms with E-state index >= 15 is 14.4 Å². The number of esters is 1. The number of methoxy groups -OCH3 is 1. The van der Waals surface area contributed by atoms with Gasteiger partial charge in [0.2, 0.25) is 41.2 Å². The van der Waals surface area contributed by atoms with Gasteiger partial charge in [0.15, 0.2) is 17.5 Å². The number of hydrogen-bond donors (Lipinski definition) is 13. The first kappa shape index (κ1) is 58.5. The normalized spacial score (nSPS) is 21.0. The summed E-state index contributed by atoms with van der Waals surface area (Å²) in [6.07, 6.45) is -1.10. The summed E-state index contributed by atoms with van der Waals surface area (Å²) in [5, 5.41) is 73.3. The van der Waals surface area contributed by atoms with Crippen LogP contribution in [0.3, 0.4) is 0 Å². The quantitative estimate of drug-likeness (QED) is 0.0713. The second-order valence-corrected chi connectivity index (χ2v) is 20.7. The molecule has 0 saturated heterocycles. The van der Waals surface area contributed by atoms with Crippen molar-refractivity contribution in [3.8, 4) is 57.1 Å². The first-order valence-corrected chi connectivity index (χ1v) is 26.7. The second kappa shape index (κ2) is 24.9. The third-order valence-corrected chi connectivity index (χ3v) is 14.8. The number of ether oxygens (including phenoxy) is 3. The largest absolute Gasteiger partial charge is 0.508 e. The van der Waals surface area contributed by atoms with E-state index in [0.29, 0.717) is 30.5 Å². The molecule has 0 aromatic heterocycles. The number of benzene rings is 6. The van der Waals surface area contributed by atoms with Crippen LogP contribution in [0.15, 0.2) is 109 Å². The summed E-state index contributed by atoms with van der Waals surface area (Å²) < 4.78 is 17.5. The Morgan fingerprint density at radius 3 is 2.01 bits per heavy atom. The summed E-state index contributed by atoms with van der Waals surface area (Å²) in [5.41, 5.74) is 11.4. The van der Waals surface area contributed by atoms with Crippen molar-refractivity contribution in [3.05, 3.63) is 153 Å². The molecule has 11 rings (SSSR count). The Hall–Kier alpha value is -9.13. The Morgan fingerprint density at radius 1 is 0.687 bits per heavy atom. The van der Waals surface area contributed by atoms with Gasteiger partial charge in [-0.15, -0.1) is 0 Å². The fourth-order valence-electron chi connectivity index (χ4n) is 9.88. The van der Waals surface area contributed by atoms with E-state index in [1.807, 2.05) is 0 Å². The summed E-state index contributed by atoms with van der Waals surface area (Å²) >= 11 is 13.7. The predicted molar refractivity (Wildman–Crippen MR) is 298 cm³/mol. The highest BCUT2D eigenvalue weighted by Crippen LogP contribution is 2.47. The van der Waals surface area contributed by atoms with Crippen molar-refractivity contribution in [2.24, 2.45) is 11.5 Å². The van der Waals surface area contributed by atoms with Gasteiger partial charge in [-0.05, 0) is 102 Å². The summed E-state index contributed by atoms with van der Waals surface area (Å²) in [4.78, 5) is 103. The smallest absolute Gasteiger partial charge is 0.333 e. The number of nitrogens with two attached hydrogens (primary N) is 2. The number of amides is 6. The molecule has 6 amide bonds. The van der Waals surface area contributed by atoms with Crippen LogP contribution < -0.4 is 52.8 Å². The number of aromatic hydroxyl groups is 4. The van der Waals surface area contributed by atoms with Crippen LogP contribution in [0, 0.1) is 0 Å².